The Bertz CT molecular complexity index is 279. The zero-order valence-corrected chi connectivity index (χ0v) is 6.28. The summed E-state index contributed by atoms with van der Waals surface area (Å²) in [6.45, 7) is 0. The number of aromatic nitrogens is 2. The Morgan fingerprint density at radius 3 is 2.83 bits per heavy atom. The van der Waals surface area contributed by atoms with Gasteiger partial charge in [-0.2, -0.15) is 5.10 Å². The van der Waals surface area contributed by atoms with Crippen LogP contribution >= 0.6 is 0 Å². The first-order valence-corrected chi connectivity index (χ1v) is 3.44. The largest absolute Gasteiger partial charge is 0.476 e. The molecule has 5 nitrogen and oxygen atoms in total. The maximum absolute atomic E-state index is 10.6. The van der Waals surface area contributed by atoms with Crippen molar-refractivity contribution >= 4 is 11.8 Å². The van der Waals surface area contributed by atoms with Crippen molar-refractivity contribution in [1.29, 1.82) is 0 Å². The average molecular weight is 168 g/mol. The predicted octanol–water partition coefficient (Wildman–Crippen LogP) is -0.00400. The quantitative estimate of drug-likeness (QED) is 0.619. The van der Waals surface area contributed by atoms with Crippen molar-refractivity contribution in [3.8, 4) is 0 Å². The number of nitrogens with zero attached hydrogens (tertiary/aromatic N) is 1. The van der Waals surface area contributed by atoms with Gasteiger partial charge in [-0.15, -0.1) is 0 Å². The molecule has 0 aliphatic heterocycles. The van der Waals surface area contributed by atoms with Gasteiger partial charge < -0.3 is 5.11 Å². The van der Waals surface area contributed by atoms with Gasteiger partial charge in [0.25, 0.3) is 0 Å². The third kappa shape index (κ3) is 2.19. The Morgan fingerprint density at radius 2 is 2.33 bits per heavy atom. The van der Waals surface area contributed by atoms with Gasteiger partial charge in [0.05, 0.1) is 0 Å². The molecule has 0 saturated carbocycles. The number of hydrogen-bond donors (Lipinski definition) is 2. The van der Waals surface area contributed by atoms with Crippen LogP contribution in [0.1, 0.15) is 12.1 Å². The van der Waals surface area contributed by atoms with Gasteiger partial charge in [-0.1, -0.05) is 0 Å². The van der Waals surface area contributed by atoms with E-state index in [9.17, 15) is 9.59 Å². The summed E-state index contributed by atoms with van der Waals surface area (Å²) in [5.74, 6) is -2.15. The average Bonchev–Trinajstić information content (AvgIpc) is 2.51. The molecule has 0 saturated heterocycles. The van der Waals surface area contributed by atoms with E-state index in [0.717, 1.165) is 5.69 Å². The first-order chi connectivity index (χ1) is 5.70. The maximum atomic E-state index is 10.6. The van der Waals surface area contributed by atoms with Crippen molar-refractivity contribution in [1.82, 2.24) is 10.2 Å². The molecule has 0 aromatic carbocycles. The van der Waals surface area contributed by atoms with Gasteiger partial charge >= 0.3 is 5.97 Å². The Balaban J connectivity index is 2.37. The summed E-state index contributed by atoms with van der Waals surface area (Å²) in [7, 11) is 0. The lowest BCUT2D eigenvalue weighted by Gasteiger charge is -1.92. The van der Waals surface area contributed by atoms with Gasteiger partial charge in [-0.25, -0.2) is 4.79 Å². The topological polar surface area (TPSA) is 83.0 Å². The lowest BCUT2D eigenvalue weighted by atomic mass is 10.2. The summed E-state index contributed by atoms with van der Waals surface area (Å²) in [4.78, 5) is 20.7. The molecular formula is C7H8N2O3. The normalized spacial score (nSPS) is 9.67. The van der Waals surface area contributed by atoms with Crippen molar-refractivity contribution in [2.45, 2.75) is 12.8 Å². The number of carboxylic acids is 1. The molecule has 0 unspecified atom stereocenters. The van der Waals surface area contributed by atoms with Crippen molar-refractivity contribution in [2.75, 3.05) is 0 Å². The number of aliphatic carboxylic acids is 1. The Morgan fingerprint density at radius 1 is 1.58 bits per heavy atom. The van der Waals surface area contributed by atoms with E-state index in [-0.39, 0.29) is 6.42 Å². The minimum absolute atomic E-state index is 0.0114. The van der Waals surface area contributed by atoms with Crippen molar-refractivity contribution in [3.05, 3.63) is 18.0 Å². The molecule has 0 aliphatic carbocycles. The van der Waals surface area contributed by atoms with Crippen LogP contribution in [0.15, 0.2) is 12.3 Å². The number of carbonyl (C=O) groups is 2. The number of carbonyl (C=O) groups excluding carboxylic acids is 1. The van der Waals surface area contributed by atoms with E-state index < -0.39 is 11.8 Å². The van der Waals surface area contributed by atoms with E-state index in [2.05, 4.69) is 10.2 Å². The number of nitrogens with one attached hydrogen (secondary N) is 1. The van der Waals surface area contributed by atoms with E-state index in [0.29, 0.717) is 6.42 Å². The molecule has 0 amide bonds. The highest BCUT2D eigenvalue weighted by Crippen LogP contribution is 1.97. The van der Waals surface area contributed by atoms with Crippen LogP contribution in [0, 0.1) is 0 Å². The minimum atomic E-state index is -1.38. The van der Waals surface area contributed by atoms with Crippen molar-refractivity contribution < 1.29 is 14.7 Å². The zero-order chi connectivity index (χ0) is 8.97. The molecule has 0 spiro atoms. The van der Waals surface area contributed by atoms with Crippen LogP contribution in [-0.4, -0.2) is 27.1 Å². The van der Waals surface area contributed by atoms with E-state index >= 15 is 0 Å². The van der Waals surface area contributed by atoms with E-state index in [1.165, 1.54) is 0 Å². The molecule has 64 valence electrons. The molecule has 1 rings (SSSR count). The molecule has 1 heterocycles. The van der Waals surface area contributed by atoms with Gasteiger partial charge in [0.2, 0.25) is 5.78 Å². The molecular weight excluding hydrogens is 160 g/mol. The summed E-state index contributed by atoms with van der Waals surface area (Å²) >= 11 is 0. The number of carboxylic acid groups (broad SMARTS) is 1. The number of aryl methyl sites for hydroxylation is 1. The second kappa shape index (κ2) is 3.66. The molecule has 1 aromatic rings. The monoisotopic (exact) mass is 168 g/mol. The van der Waals surface area contributed by atoms with Crippen LogP contribution in [0.5, 0.6) is 0 Å². The predicted molar refractivity (Wildman–Crippen MR) is 39.6 cm³/mol. The summed E-state index contributed by atoms with van der Waals surface area (Å²) < 4.78 is 0. The van der Waals surface area contributed by atoms with Gasteiger partial charge in [0.15, 0.2) is 0 Å². The second-order valence-corrected chi connectivity index (χ2v) is 2.31. The molecule has 2 N–H and O–H groups in total. The van der Waals surface area contributed by atoms with Crippen molar-refractivity contribution in [3.63, 3.8) is 0 Å². The van der Waals surface area contributed by atoms with Gasteiger partial charge in [0.1, 0.15) is 0 Å². The fourth-order valence-corrected chi connectivity index (χ4v) is 0.779. The standard InChI is InChI=1S/C7H8N2O3/c10-6(7(11)12)2-1-5-3-4-8-9-5/h3-4H,1-2H2,(H,8,9)(H,11,12). The highest BCUT2D eigenvalue weighted by Gasteiger charge is 2.10. The van der Waals surface area contributed by atoms with Crippen LogP contribution in [-0.2, 0) is 16.0 Å². The lowest BCUT2D eigenvalue weighted by molar-refractivity contribution is -0.149. The fourth-order valence-electron chi connectivity index (χ4n) is 0.779. The third-order valence-electron chi connectivity index (χ3n) is 1.42. The summed E-state index contributed by atoms with van der Waals surface area (Å²) in [6.07, 6.45) is 1.96. The fraction of sp³-hybridized carbons (Fsp3) is 0.286. The Kier molecular flexibility index (Phi) is 2.57. The first kappa shape index (κ1) is 8.45. The number of ketones is 1. The molecule has 0 aliphatic rings. The summed E-state index contributed by atoms with van der Waals surface area (Å²) in [5, 5.41) is 14.5. The smallest absolute Gasteiger partial charge is 0.372 e. The van der Waals surface area contributed by atoms with Crippen LogP contribution in [0.25, 0.3) is 0 Å². The van der Waals surface area contributed by atoms with Crippen LogP contribution in [0.2, 0.25) is 0 Å². The number of H-pyrrole nitrogens is 1. The van der Waals surface area contributed by atoms with E-state index in [4.69, 9.17) is 5.11 Å². The van der Waals surface area contributed by atoms with Gasteiger partial charge in [-0.3, -0.25) is 9.89 Å². The Labute approximate surface area is 68.4 Å². The molecule has 5 heteroatoms. The van der Waals surface area contributed by atoms with E-state index in [1.54, 1.807) is 12.3 Å². The number of Topliss-reactive ketones (excluding diaryl/α,β-unsaturated/α-hetero) is 1. The summed E-state index contributed by atoms with van der Waals surface area (Å²) in [5.41, 5.74) is 0.768. The Hall–Kier alpha value is -1.65. The number of hydrogen-bond acceptors (Lipinski definition) is 3. The molecule has 0 bridgehead atoms. The molecule has 1 aromatic heterocycles. The lowest BCUT2D eigenvalue weighted by Crippen LogP contribution is -2.12. The second-order valence-electron chi connectivity index (χ2n) is 2.31. The number of aromatic amines is 1. The van der Waals surface area contributed by atoms with Crippen molar-refractivity contribution in [2.24, 2.45) is 0 Å². The van der Waals surface area contributed by atoms with Crippen LogP contribution in [0.4, 0.5) is 0 Å². The third-order valence-corrected chi connectivity index (χ3v) is 1.42. The highest BCUT2D eigenvalue weighted by molar-refractivity contribution is 6.32. The highest BCUT2D eigenvalue weighted by atomic mass is 16.4. The van der Waals surface area contributed by atoms with Crippen LogP contribution < -0.4 is 0 Å². The molecule has 0 radical (unpaired) electrons. The number of rotatable bonds is 4. The summed E-state index contributed by atoms with van der Waals surface area (Å²) in [6, 6.07) is 1.70. The maximum Gasteiger partial charge on any atom is 0.372 e. The zero-order valence-electron chi connectivity index (χ0n) is 6.28. The van der Waals surface area contributed by atoms with Crippen LogP contribution in [0.3, 0.4) is 0 Å². The van der Waals surface area contributed by atoms with E-state index in [1.807, 2.05) is 0 Å². The minimum Gasteiger partial charge on any atom is -0.476 e. The first-order valence-electron chi connectivity index (χ1n) is 3.44. The molecule has 0 atom stereocenters. The SMILES string of the molecule is O=C(O)C(=O)CCc1ccn[nH]1. The van der Waals surface area contributed by atoms with Gasteiger partial charge in [0, 0.05) is 18.3 Å². The molecule has 0 fully saturated rings. The van der Waals surface area contributed by atoms with Gasteiger partial charge in [-0.05, 0) is 12.5 Å². The molecule has 12 heavy (non-hydrogen) atoms.